The number of anilines is 1. The van der Waals surface area contributed by atoms with Gasteiger partial charge in [-0.15, -0.1) is 0 Å². The fourth-order valence-electron chi connectivity index (χ4n) is 4.38. The Morgan fingerprint density at radius 3 is 1.94 bits per heavy atom. The lowest BCUT2D eigenvalue weighted by Crippen LogP contribution is -2.56. The minimum atomic E-state index is -2.86. The van der Waals surface area contributed by atoms with Gasteiger partial charge in [-0.2, -0.15) is 0 Å². The maximum absolute atomic E-state index is 6.05. The van der Waals surface area contributed by atoms with Gasteiger partial charge in [0.2, 0.25) is 0 Å². The number of nitrogens with zero attached hydrogens (tertiary/aromatic N) is 1. The standard InChI is InChI=1S/C25H36N2O3Si/c1-7-28-31(29-8-2,30-9-3)24-12-10-22(11-13-24)16-23-17-26-18-27(23)25-20(5)14-19(4)15-21(25)6/h10-15,17,26H,7-9,16,18H2,1-6H3. The van der Waals surface area contributed by atoms with Gasteiger partial charge in [0.25, 0.3) is 0 Å². The Morgan fingerprint density at radius 1 is 0.871 bits per heavy atom. The summed E-state index contributed by atoms with van der Waals surface area (Å²) in [7, 11) is -2.86. The van der Waals surface area contributed by atoms with E-state index in [9.17, 15) is 0 Å². The van der Waals surface area contributed by atoms with Crippen molar-refractivity contribution in [1.29, 1.82) is 0 Å². The molecule has 0 amide bonds. The van der Waals surface area contributed by atoms with E-state index >= 15 is 0 Å². The molecule has 2 aromatic carbocycles. The second-order valence-electron chi connectivity index (χ2n) is 7.90. The third-order valence-corrected chi connectivity index (χ3v) is 8.51. The summed E-state index contributed by atoms with van der Waals surface area (Å²) in [5.74, 6) is 0. The predicted octanol–water partition coefficient (Wildman–Crippen LogP) is 4.32. The van der Waals surface area contributed by atoms with Gasteiger partial charge in [0.15, 0.2) is 0 Å². The maximum atomic E-state index is 6.05. The molecule has 6 heteroatoms. The number of benzene rings is 2. The third kappa shape index (κ3) is 5.21. The topological polar surface area (TPSA) is 43.0 Å². The summed E-state index contributed by atoms with van der Waals surface area (Å²) in [6.07, 6.45) is 2.98. The van der Waals surface area contributed by atoms with Crippen molar-refractivity contribution in [3.05, 3.63) is 70.5 Å². The van der Waals surface area contributed by atoms with E-state index in [-0.39, 0.29) is 0 Å². The largest absolute Gasteiger partial charge is 0.537 e. The van der Waals surface area contributed by atoms with E-state index in [2.05, 4.69) is 73.6 Å². The second kappa shape index (κ2) is 10.5. The molecule has 31 heavy (non-hydrogen) atoms. The Bertz CT molecular complexity index is 871. The first-order valence-electron chi connectivity index (χ1n) is 11.2. The molecule has 1 aliphatic rings. The molecule has 0 spiro atoms. The van der Waals surface area contributed by atoms with E-state index in [0.29, 0.717) is 19.8 Å². The van der Waals surface area contributed by atoms with Crippen molar-refractivity contribution < 1.29 is 13.3 Å². The van der Waals surface area contributed by atoms with E-state index in [1.165, 1.54) is 33.6 Å². The Morgan fingerprint density at radius 2 is 1.42 bits per heavy atom. The highest BCUT2D eigenvalue weighted by Gasteiger charge is 2.43. The zero-order chi connectivity index (χ0) is 22.4. The summed E-state index contributed by atoms with van der Waals surface area (Å²) in [6, 6.07) is 13.1. The van der Waals surface area contributed by atoms with Crippen molar-refractivity contribution in [2.75, 3.05) is 31.4 Å². The lowest BCUT2D eigenvalue weighted by atomic mass is 10.0. The SMILES string of the molecule is CCO[Si](OCC)(OCC)c1ccc(CC2=CNCN2c2c(C)cc(C)cc2C)cc1. The molecule has 5 nitrogen and oxygen atoms in total. The van der Waals surface area contributed by atoms with Crippen LogP contribution < -0.4 is 15.4 Å². The van der Waals surface area contributed by atoms with Crippen molar-refractivity contribution in [2.45, 2.75) is 48.0 Å². The van der Waals surface area contributed by atoms with Crippen molar-refractivity contribution in [3.8, 4) is 0 Å². The quantitative estimate of drug-likeness (QED) is 0.558. The predicted molar refractivity (Wildman–Crippen MR) is 130 cm³/mol. The number of aryl methyl sites for hydroxylation is 3. The fraction of sp³-hybridized carbons (Fsp3) is 0.440. The van der Waals surface area contributed by atoms with Gasteiger partial charge in [-0.1, -0.05) is 42.0 Å². The van der Waals surface area contributed by atoms with Crippen LogP contribution in [0.25, 0.3) is 0 Å². The average Bonchev–Trinajstić information content (AvgIpc) is 3.16. The van der Waals surface area contributed by atoms with Crippen LogP contribution >= 0.6 is 0 Å². The molecular weight excluding hydrogens is 404 g/mol. The molecule has 0 aromatic heterocycles. The van der Waals surface area contributed by atoms with E-state index in [4.69, 9.17) is 13.3 Å². The van der Waals surface area contributed by atoms with Crippen LogP contribution in [0, 0.1) is 20.8 Å². The molecular formula is C25H36N2O3Si. The van der Waals surface area contributed by atoms with Gasteiger partial charge >= 0.3 is 8.80 Å². The first kappa shape index (κ1) is 23.5. The molecule has 0 saturated heterocycles. The van der Waals surface area contributed by atoms with Crippen LogP contribution in [-0.4, -0.2) is 35.3 Å². The highest BCUT2D eigenvalue weighted by Crippen LogP contribution is 2.31. The first-order valence-corrected chi connectivity index (χ1v) is 13.0. The number of allylic oxidation sites excluding steroid dienone is 1. The summed E-state index contributed by atoms with van der Waals surface area (Å²) >= 11 is 0. The summed E-state index contributed by atoms with van der Waals surface area (Å²) < 4.78 is 18.1. The molecule has 0 aliphatic carbocycles. The zero-order valence-corrected chi connectivity index (χ0v) is 20.7. The normalized spacial score (nSPS) is 14.0. The number of rotatable bonds is 10. The molecule has 0 bridgehead atoms. The molecule has 0 unspecified atom stereocenters. The number of nitrogens with one attached hydrogen (secondary N) is 1. The van der Waals surface area contributed by atoms with Crippen LogP contribution in [0.2, 0.25) is 0 Å². The highest BCUT2D eigenvalue weighted by molar-refractivity contribution is 6.75. The van der Waals surface area contributed by atoms with Crippen LogP contribution in [0.15, 0.2) is 48.3 Å². The molecule has 0 saturated carbocycles. The van der Waals surface area contributed by atoms with Crippen molar-refractivity contribution in [2.24, 2.45) is 0 Å². The lowest BCUT2D eigenvalue weighted by Gasteiger charge is -2.29. The van der Waals surface area contributed by atoms with Crippen LogP contribution in [0.3, 0.4) is 0 Å². The summed E-state index contributed by atoms with van der Waals surface area (Å²) in [5.41, 5.74) is 7.74. The number of hydrogen-bond acceptors (Lipinski definition) is 5. The van der Waals surface area contributed by atoms with Crippen LogP contribution in [0.4, 0.5) is 5.69 Å². The molecule has 3 rings (SSSR count). The Balaban J connectivity index is 1.82. The summed E-state index contributed by atoms with van der Waals surface area (Å²) in [6.45, 7) is 15.0. The Labute approximate surface area is 188 Å². The monoisotopic (exact) mass is 440 g/mol. The van der Waals surface area contributed by atoms with Gasteiger partial charge in [-0.25, -0.2) is 0 Å². The highest BCUT2D eigenvalue weighted by atomic mass is 28.4. The van der Waals surface area contributed by atoms with Crippen molar-refractivity contribution in [3.63, 3.8) is 0 Å². The van der Waals surface area contributed by atoms with Crippen LogP contribution in [0.5, 0.6) is 0 Å². The van der Waals surface area contributed by atoms with E-state index in [0.717, 1.165) is 18.3 Å². The second-order valence-corrected chi connectivity index (χ2v) is 10.5. The fourth-order valence-corrected chi connectivity index (χ4v) is 6.85. The van der Waals surface area contributed by atoms with Crippen LogP contribution in [0.1, 0.15) is 43.0 Å². The summed E-state index contributed by atoms with van der Waals surface area (Å²) in [4.78, 5) is 2.39. The first-order chi connectivity index (χ1) is 14.9. The lowest BCUT2D eigenvalue weighted by molar-refractivity contribution is 0.0859. The molecule has 0 atom stereocenters. The smallest absolute Gasteiger partial charge is 0.372 e. The molecule has 1 N–H and O–H groups in total. The molecule has 0 radical (unpaired) electrons. The van der Waals surface area contributed by atoms with E-state index in [1.807, 2.05) is 20.8 Å². The zero-order valence-electron chi connectivity index (χ0n) is 19.7. The Kier molecular flexibility index (Phi) is 7.94. The molecule has 1 heterocycles. The van der Waals surface area contributed by atoms with Crippen molar-refractivity contribution in [1.82, 2.24) is 5.32 Å². The molecule has 0 fully saturated rings. The van der Waals surface area contributed by atoms with E-state index in [1.54, 1.807) is 0 Å². The average molecular weight is 441 g/mol. The van der Waals surface area contributed by atoms with Gasteiger partial charge in [0.1, 0.15) is 0 Å². The maximum Gasteiger partial charge on any atom is 0.537 e. The van der Waals surface area contributed by atoms with Gasteiger partial charge in [-0.3, -0.25) is 0 Å². The molecule has 2 aromatic rings. The third-order valence-electron chi connectivity index (χ3n) is 5.47. The molecule has 1 aliphatic heterocycles. The van der Waals surface area contributed by atoms with Gasteiger partial charge < -0.3 is 23.5 Å². The Hall–Kier alpha value is -2.12. The summed E-state index contributed by atoms with van der Waals surface area (Å²) in [5, 5.41) is 4.42. The number of hydrogen-bond donors (Lipinski definition) is 1. The van der Waals surface area contributed by atoms with Crippen molar-refractivity contribution >= 4 is 19.7 Å². The minimum absolute atomic E-state index is 0.566. The van der Waals surface area contributed by atoms with Gasteiger partial charge in [-0.05, 0) is 58.2 Å². The molecule has 168 valence electrons. The van der Waals surface area contributed by atoms with E-state index < -0.39 is 8.80 Å². The minimum Gasteiger partial charge on any atom is -0.372 e. The van der Waals surface area contributed by atoms with Crippen LogP contribution in [-0.2, 0) is 19.7 Å². The van der Waals surface area contributed by atoms with Gasteiger partial charge in [0, 0.05) is 49.0 Å². The van der Waals surface area contributed by atoms with Gasteiger partial charge in [0.05, 0.1) is 6.67 Å².